The van der Waals surface area contributed by atoms with E-state index in [1.807, 2.05) is 24.3 Å². The van der Waals surface area contributed by atoms with E-state index in [1.165, 1.54) is 11.1 Å². The third kappa shape index (κ3) is 2.56. The molecular weight excluding hydrogens is 250 g/mol. The van der Waals surface area contributed by atoms with Gasteiger partial charge in [-0.15, -0.1) is 0 Å². The standard InChI is InChI=1S/C16H17N3O/c17-16(20)15-9-13-3-1-2-4-14(13)11-19(15)10-12-5-7-18-8-6-12/h1-8,15H,9-11H2,(H2,17,20). The molecule has 1 aromatic carbocycles. The van der Waals surface area contributed by atoms with Crippen molar-refractivity contribution in [3.8, 4) is 0 Å². The van der Waals surface area contributed by atoms with Crippen LogP contribution in [-0.4, -0.2) is 21.8 Å². The predicted octanol–water partition coefficient (Wildman–Crippen LogP) is 1.49. The molecule has 2 N–H and O–H groups in total. The van der Waals surface area contributed by atoms with Crippen LogP contribution in [-0.2, 0) is 24.3 Å². The van der Waals surface area contributed by atoms with Crippen molar-refractivity contribution in [1.29, 1.82) is 0 Å². The van der Waals surface area contributed by atoms with Gasteiger partial charge in [0.1, 0.15) is 0 Å². The number of benzene rings is 1. The lowest BCUT2D eigenvalue weighted by molar-refractivity contribution is -0.124. The van der Waals surface area contributed by atoms with Crippen molar-refractivity contribution < 1.29 is 4.79 Å². The van der Waals surface area contributed by atoms with Gasteiger partial charge < -0.3 is 5.73 Å². The minimum Gasteiger partial charge on any atom is -0.368 e. The number of rotatable bonds is 3. The molecule has 1 amide bonds. The molecule has 20 heavy (non-hydrogen) atoms. The molecule has 4 nitrogen and oxygen atoms in total. The van der Waals surface area contributed by atoms with Crippen LogP contribution >= 0.6 is 0 Å². The maximum atomic E-state index is 11.7. The van der Waals surface area contributed by atoms with E-state index in [9.17, 15) is 4.79 Å². The third-order valence-corrected chi connectivity index (χ3v) is 3.81. The van der Waals surface area contributed by atoms with Crippen molar-refractivity contribution in [2.75, 3.05) is 0 Å². The Morgan fingerprint density at radius 3 is 2.60 bits per heavy atom. The van der Waals surface area contributed by atoms with Crippen LogP contribution < -0.4 is 5.73 Å². The SMILES string of the molecule is NC(=O)C1Cc2ccccc2CN1Cc1ccncc1. The Bertz CT molecular complexity index is 612. The normalized spacial score (nSPS) is 18.5. The van der Waals surface area contributed by atoms with Crippen molar-refractivity contribution in [3.05, 3.63) is 65.5 Å². The number of hydrogen-bond donors (Lipinski definition) is 1. The average molecular weight is 267 g/mol. The predicted molar refractivity (Wildman–Crippen MR) is 76.6 cm³/mol. The Morgan fingerprint density at radius 1 is 1.20 bits per heavy atom. The summed E-state index contributed by atoms with van der Waals surface area (Å²) in [5, 5.41) is 0. The Balaban J connectivity index is 1.87. The van der Waals surface area contributed by atoms with Gasteiger partial charge in [-0.25, -0.2) is 0 Å². The maximum Gasteiger partial charge on any atom is 0.235 e. The molecule has 1 aliphatic rings. The summed E-state index contributed by atoms with van der Waals surface area (Å²) in [5.41, 5.74) is 9.22. The first kappa shape index (κ1) is 12.8. The lowest BCUT2D eigenvalue weighted by atomic mass is 9.93. The van der Waals surface area contributed by atoms with Crippen molar-refractivity contribution in [2.45, 2.75) is 25.6 Å². The zero-order valence-electron chi connectivity index (χ0n) is 11.2. The number of carbonyl (C=O) groups excluding carboxylic acids is 1. The van der Waals surface area contributed by atoms with E-state index in [2.05, 4.69) is 22.0 Å². The number of primary amides is 1. The van der Waals surface area contributed by atoms with Gasteiger partial charge in [-0.3, -0.25) is 14.7 Å². The van der Waals surface area contributed by atoms with E-state index in [0.29, 0.717) is 13.0 Å². The van der Waals surface area contributed by atoms with Gasteiger partial charge in [-0.2, -0.15) is 0 Å². The fourth-order valence-electron chi connectivity index (χ4n) is 2.75. The lowest BCUT2D eigenvalue weighted by Gasteiger charge is -2.35. The highest BCUT2D eigenvalue weighted by Crippen LogP contribution is 2.24. The van der Waals surface area contributed by atoms with E-state index in [4.69, 9.17) is 5.73 Å². The molecule has 4 heteroatoms. The fourth-order valence-corrected chi connectivity index (χ4v) is 2.75. The number of nitrogens with two attached hydrogens (primary N) is 1. The second-order valence-electron chi connectivity index (χ2n) is 5.15. The van der Waals surface area contributed by atoms with Crippen LogP contribution in [0.5, 0.6) is 0 Å². The highest BCUT2D eigenvalue weighted by Gasteiger charge is 2.29. The van der Waals surface area contributed by atoms with Gasteiger partial charge in [0.2, 0.25) is 5.91 Å². The minimum atomic E-state index is -0.256. The summed E-state index contributed by atoms with van der Waals surface area (Å²) in [5.74, 6) is -0.256. The number of hydrogen-bond acceptors (Lipinski definition) is 3. The quantitative estimate of drug-likeness (QED) is 0.916. The van der Waals surface area contributed by atoms with Crippen LogP contribution in [0.3, 0.4) is 0 Å². The van der Waals surface area contributed by atoms with Gasteiger partial charge in [-0.1, -0.05) is 24.3 Å². The molecule has 0 saturated carbocycles. The number of aromatic nitrogens is 1. The first-order valence-electron chi connectivity index (χ1n) is 6.73. The van der Waals surface area contributed by atoms with Crippen molar-refractivity contribution in [3.63, 3.8) is 0 Å². The van der Waals surface area contributed by atoms with Gasteiger partial charge in [-0.05, 0) is 35.2 Å². The van der Waals surface area contributed by atoms with E-state index in [-0.39, 0.29) is 11.9 Å². The summed E-state index contributed by atoms with van der Waals surface area (Å²) in [4.78, 5) is 17.9. The molecule has 0 spiro atoms. The van der Waals surface area contributed by atoms with Crippen LogP contribution in [0.15, 0.2) is 48.8 Å². The molecule has 0 saturated heterocycles. The molecule has 1 atom stereocenters. The molecular formula is C16H17N3O. The highest BCUT2D eigenvalue weighted by atomic mass is 16.1. The summed E-state index contributed by atoms with van der Waals surface area (Å²) >= 11 is 0. The highest BCUT2D eigenvalue weighted by molar-refractivity contribution is 5.80. The van der Waals surface area contributed by atoms with Crippen LogP contribution in [0.4, 0.5) is 0 Å². The zero-order valence-corrected chi connectivity index (χ0v) is 11.2. The monoisotopic (exact) mass is 267 g/mol. The van der Waals surface area contributed by atoms with Crippen LogP contribution in [0.1, 0.15) is 16.7 Å². The van der Waals surface area contributed by atoms with Gasteiger partial charge in [0, 0.05) is 25.5 Å². The third-order valence-electron chi connectivity index (χ3n) is 3.81. The molecule has 1 aromatic heterocycles. The summed E-state index contributed by atoms with van der Waals surface area (Å²) in [7, 11) is 0. The fraction of sp³-hybridized carbons (Fsp3) is 0.250. The number of carbonyl (C=O) groups is 1. The number of nitrogens with zero attached hydrogens (tertiary/aromatic N) is 2. The van der Waals surface area contributed by atoms with Gasteiger partial charge in [0.05, 0.1) is 6.04 Å². The average Bonchev–Trinajstić information content (AvgIpc) is 2.47. The molecule has 3 rings (SSSR count). The Hall–Kier alpha value is -2.20. The van der Waals surface area contributed by atoms with Gasteiger partial charge in [0.25, 0.3) is 0 Å². The summed E-state index contributed by atoms with van der Waals surface area (Å²) in [6, 6.07) is 11.9. The molecule has 102 valence electrons. The number of pyridine rings is 1. The molecule has 0 bridgehead atoms. The van der Waals surface area contributed by atoms with Crippen molar-refractivity contribution in [2.24, 2.45) is 5.73 Å². The topological polar surface area (TPSA) is 59.2 Å². The Kier molecular flexibility index (Phi) is 3.48. The largest absolute Gasteiger partial charge is 0.368 e. The number of fused-ring (bicyclic) bond motifs is 1. The van der Waals surface area contributed by atoms with Gasteiger partial charge >= 0.3 is 0 Å². The van der Waals surface area contributed by atoms with E-state index in [1.54, 1.807) is 12.4 Å². The summed E-state index contributed by atoms with van der Waals surface area (Å²) in [6.45, 7) is 1.47. The maximum absolute atomic E-state index is 11.7. The Labute approximate surface area is 118 Å². The first-order chi connectivity index (χ1) is 9.74. The second-order valence-corrected chi connectivity index (χ2v) is 5.15. The molecule has 1 aliphatic heterocycles. The van der Waals surface area contributed by atoms with Gasteiger partial charge in [0.15, 0.2) is 0 Å². The Morgan fingerprint density at radius 2 is 1.90 bits per heavy atom. The van der Waals surface area contributed by atoms with E-state index >= 15 is 0 Å². The minimum absolute atomic E-state index is 0.238. The van der Waals surface area contributed by atoms with E-state index < -0.39 is 0 Å². The van der Waals surface area contributed by atoms with Crippen LogP contribution in [0, 0.1) is 0 Å². The van der Waals surface area contributed by atoms with Crippen LogP contribution in [0.25, 0.3) is 0 Å². The molecule has 2 heterocycles. The number of amides is 1. The molecule has 0 fully saturated rings. The molecule has 0 aliphatic carbocycles. The van der Waals surface area contributed by atoms with Crippen molar-refractivity contribution in [1.82, 2.24) is 9.88 Å². The molecule has 2 aromatic rings. The lowest BCUT2D eigenvalue weighted by Crippen LogP contribution is -2.48. The van der Waals surface area contributed by atoms with Crippen molar-refractivity contribution >= 4 is 5.91 Å². The van der Waals surface area contributed by atoms with Crippen LogP contribution in [0.2, 0.25) is 0 Å². The van der Waals surface area contributed by atoms with E-state index in [0.717, 1.165) is 12.1 Å². The zero-order chi connectivity index (χ0) is 13.9. The molecule has 0 radical (unpaired) electrons. The summed E-state index contributed by atoms with van der Waals surface area (Å²) in [6.07, 6.45) is 4.23. The first-order valence-corrected chi connectivity index (χ1v) is 6.73. The molecule has 1 unspecified atom stereocenters. The second kappa shape index (κ2) is 5.43. The smallest absolute Gasteiger partial charge is 0.235 e. The summed E-state index contributed by atoms with van der Waals surface area (Å²) < 4.78 is 0.